The normalized spacial score (nSPS) is 18.3. The first-order valence-electron chi connectivity index (χ1n) is 6.47. The van der Waals surface area contributed by atoms with Crippen molar-refractivity contribution in [1.29, 1.82) is 0 Å². The summed E-state index contributed by atoms with van der Waals surface area (Å²) >= 11 is 0. The summed E-state index contributed by atoms with van der Waals surface area (Å²) in [6.07, 6.45) is 5.23. The molecule has 1 aromatic rings. The number of phenols is 1. The van der Waals surface area contributed by atoms with Gasteiger partial charge in [-0.1, -0.05) is 31.4 Å². The topological polar surface area (TPSA) is 75.3 Å². The van der Waals surface area contributed by atoms with Crippen LogP contribution in [-0.4, -0.2) is 23.1 Å². The van der Waals surface area contributed by atoms with Crippen LogP contribution < -0.4 is 11.1 Å². The van der Waals surface area contributed by atoms with Crippen molar-refractivity contribution in [3.63, 3.8) is 0 Å². The minimum Gasteiger partial charge on any atom is -0.507 e. The molecule has 0 spiro atoms. The Balaban J connectivity index is 2.13. The predicted molar refractivity (Wildman–Crippen MR) is 70.4 cm³/mol. The molecule has 1 aromatic carbocycles. The quantitative estimate of drug-likeness (QED) is 0.763. The Morgan fingerprint density at radius 1 is 1.28 bits per heavy atom. The van der Waals surface area contributed by atoms with Crippen LogP contribution in [0, 0.1) is 0 Å². The number of phenolic OH excluding ortho intramolecular Hbond substituents is 1. The molecular formula is C14H20N2O2. The number of benzene rings is 1. The van der Waals surface area contributed by atoms with Crippen LogP contribution in [0.4, 0.5) is 0 Å². The van der Waals surface area contributed by atoms with Crippen LogP contribution in [0.25, 0.3) is 0 Å². The summed E-state index contributed by atoms with van der Waals surface area (Å²) in [6, 6.07) is 6.58. The van der Waals surface area contributed by atoms with Gasteiger partial charge in [-0.25, -0.2) is 0 Å². The highest BCUT2D eigenvalue weighted by molar-refractivity contribution is 5.97. The highest BCUT2D eigenvalue weighted by Gasteiger charge is 2.32. The van der Waals surface area contributed by atoms with Gasteiger partial charge in [-0.05, 0) is 25.0 Å². The monoisotopic (exact) mass is 248 g/mol. The lowest BCUT2D eigenvalue weighted by Crippen LogP contribution is -2.54. The number of hydrogen-bond donors (Lipinski definition) is 3. The first kappa shape index (κ1) is 12.9. The molecule has 4 nitrogen and oxygen atoms in total. The van der Waals surface area contributed by atoms with Crippen LogP contribution in [-0.2, 0) is 0 Å². The van der Waals surface area contributed by atoms with Crippen molar-refractivity contribution >= 4 is 5.91 Å². The fourth-order valence-corrected chi connectivity index (χ4v) is 2.58. The fraction of sp³-hybridized carbons (Fsp3) is 0.500. The van der Waals surface area contributed by atoms with E-state index in [2.05, 4.69) is 5.32 Å². The molecule has 0 aliphatic heterocycles. The maximum atomic E-state index is 12.2. The summed E-state index contributed by atoms with van der Waals surface area (Å²) in [7, 11) is 0. The van der Waals surface area contributed by atoms with Crippen molar-refractivity contribution in [2.45, 2.75) is 37.6 Å². The Labute approximate surface area is 107 Å². The van der Waals surface area contributed by atoms with Crippen LogP contribution in [0.5, 0.6) is 5.75 Å². The molecule has 0 radical (unpaired) electrons. The van der Waals surface area contributed by atoms with Crippen molar-refractivity contribution in [3.8, 4) is 5.75 Å². The van der Waals surface area contributed by atoms with Crippen molar-refractivity contribution in [3.05, 3.63) is 29.8 Å². The molecule has 0 bridgehead atoms. The molecule has 2 rings (SSSR count). The minimum absolute atomic E-state index is 0.0120. The fourth-order valence-electron chi connectivity index (χ4n) is 2.58. The number of carbonyl (C=O) groups is 1. The number of rotatable bonds is 3. The molecule has 1 saturated carbocycles. The highest BCUT2D eigenvalue weighted by Crippen LogP contribution is 2.28. The van der Waals surface area contributed by atoms with Crippen molar-refractivity contribution in [2.24, 2.45) is 5.73 Å². The third kappa shape index (κ3) is 2.64. The molecule has 0 unspecified atom stereocenters. The summed E-state index contributed by atoms with van der Waals surface area (Å²) in [5.41, 5.74) is 5.85. The van der Waals surface area contributed by atoms with E-state index in [9.17, 15) is 9.90 Å². The van der Waals surface area contributed by atoms with E-state index < -0.39 is 0 Å². The summed E-state index contributed by atoms with van der Waals surface area (Å²) in [5.74, 6) is -0.224. The van der Waals surface area contributed by atoms with Gasteiger partial charge in [0.15, 0.2) is 0 Å². The van der Waals surface area contributed by atoms with Crippen LogP contribution in [0.1, 0.15) is 42.5 Å². The molecule has 4 heteroatoms. The van der Waals surface area contributed by atoms with E-state index in [4.69, 9.17) is 5.73 Å². The summed E-state index contributed by atoms with van der Waals surface area (Å²) < 4.78 is 0. The largest absolute Gasteiger partial charge is 0.507 e. The van der Waals surface area contributed by atoms with Crippen molar-refractivity contribution < 1.29 is 9.90 Å². The molecule has 98 valence electrons. The van der Waals surface area contributed by atoms with Gasteiger partial charge in [0, 0.05) is 6.54 Å². The SMILES string of the molecule is NCC1(NC(=O)c2ccccc2O)CCCCC1. The predicted octanol–water partition coefficient (Wildman–Crippen LogP) is 1.78. The number of amides is 1. The molecular weight excluding hydrogens is 228 g/mol. The number of aromatic hydroxyl groups is 1. The zero-order valence-electron chi connectivity index (χ0n) is 10.5. The molecule has 0 saturated heterocycles. The van der Waals surface area contributed by atoms with Gasteiger partial charge in [0.1, 0.15) is 5.75 Å². The summed E-state index contributed by atoms with van der Waals surface area (Å²) in [6.45, 7) is 0.451. The van der Waals surface area contributed by atoms with E-state index in [1.54, 1.807) is 18.2 Å². The molecule has 4 N–H and O–H groups in total. The highest BCUT2D eigenvalue weighted by atomic mass is 16.3. The second-order valence-corrected chi connectivity index (χ2v) is 5.02. The van der Waals surface area contributed by atoms with Gasteiger partial charge >= 0.3 is 0 Å². The molecule has 1 aliphatic carbocycles. The van der Waals surface area contributed by atoms with E-state index in [1.165, 1.54) is 12.5 Å². The Kier molecular flexibility index (Phi) is 3.87. The van der Waals surface area contributed by atoms with Gasteiger partial charge in [0.2, 0.25) is 0 Å². The lowest BCUT2D eigenvalue weighted by atomic mass is 9.81. The number of para-hydroxylation sites is 1. The number of nitrogens with two attached hydrogens (primary N) is 1. The first-order chi connectivity index (χ1) is 8.67. The molecule has 18 heavy (non-hydrogen) atoms. The third-order valence-electron chi connectivity index (χ3n) is 3.73. The molecule has 0 atom stereocenters. The Morgan fingerprint density at radius 2 is 1.94 bits per heavy atom. The van der Waals surface area contributed by atoms with Crippen LogP contribution in [0.3, 0.4) is 0 Å². The van der Waals surface area contributed by atoms with Gasteiger partial charge in [-0.3, -0.25) is 4.79 Å². The maximum Gasteiger partial charge on any atom is 0.255 e. The zero-order valence-corrected chi connectivity index (χ0v) is 10.5. The molecule has 0 aromatic heterocycles. The summed E-state index contributed by atoms with van der Waals surface area (Å²) in [4.78, 5) is 12.2. The Bertz CT molecular complexity index is 426. The molecule has 1 aliphatic rings. The first-order valence-corrected chi connectivity index (χ1v) is 6.47. The lowest BCUT2D eigenvalue weighted by Gasteiger charge is -2.37. The Hall–Kier alpha value is -1.55. The van der Waals surface area contributed by atoms with E-state index in [1.807, 2.05) is 0 Å². The van der Waals surface area contributed by atoms with Crippen LogP contribution in [0.2, 0.25) is 0 Å². The molecule has 0 heterocycles. The van der Waals surface area contributed by atoms with E-state index >= 15 is 0 Å². The lowest BCUT2D eigenvalue weighted by molar-refractivity contribution is 0.0872. The van der Waals surface area contributed by atoms with Crippen LogP contribution >= 0.6 is 0 Å². The number of nitrogens with one attached hydrogen (secondary N) is 1. The van der Waals surface area contributed by atoms with Gasteiger partial charge in [-0.15, -0.1) is 0 Å². The average Bonchev–Trinajstić information content (AvgIpc) is 2.40. The smallest absolute Gasteiger partial charge is 0.255 e. The minimum atomic E-state index is -0.294. The summed E-state index contributed by atoms with van der Waals surface area (Å²) in [5, 5.41) is 12.7. The van der Waals surface area contributed by atoms with Gasteiger partial charge in [0.25, 0.3) is 5.91 Å². The van der Waals surface area contributed by atoms with Gasteiger partial charge in [0.05, 0.1) is 11.1 Å². The maximum absolute atomic E-state index is 12.2. The Morgan fingerprint density at radius 3 is 2.56 bits per heavy atom. The van der Waals surface area contributed by atoms with E-state index in [0.29, 0.717) is 12.1 Å². The molecule has 1 amide bonds. The van der Waals surface area contributed by atoms with Crippen LogP contribution in [0.15, 0.2) is 24.3 Å². The zero-order chi connectivity index (χ0) is 13.0. The van der Waals surface area contributed by atoms with Gasteiger partial charge in [-0.2, -0.15) is 0 Å². The average molecular weight is 248 g/mol. The third-order valence-corrected chi connectivity index (χ3v) is 3.73. The van der Waals surface area contributed by atoms with Crippen molar-refractivity contribution in [1.82, 2.24) is 5.32 Å². The second-order valence-electron chi connectivity index (χ2n) is 5.02. The van der Waals surface area contributed by atoms with E-state index in [-0.39, 0.29) is 17.2 Å². The second kappa shape index (κ2) is 5.40. The van der Waals surface area contributed by atoms with E-state index in [0.717, 1.165) is 25.7 Å². The number of carbonyl (C=O) groups excluding carboxylic acids is 1. The number of hydrogen-bond acceptors (Lipinski definition) is 3. The van der Waals surface area contributed by atoms with Crippen molar-refractivity contribution in [2.75, 3.05) is 6.54 Å². The standard InChI is InChI=1S/C14H20N2O2/c15-10-14(8-4-1-5-9-14)16-13(18)11-6-2-3-7-12(11)17/h2-3,6-7,17H,1,4-5,8-10,15H2,(H,16,18). The van der Waals surface area contributed by atoms with Gasteiger partial charge < -0.3 is 16.2 Å². The molecule has 1 fully saturated rings.